The van der Waals surface area contributed by atoms with Crippen LogP contribution in [0, 0.1) is 0 Å². The fourth-order valence-corrected chi connectivity index (χ4v) is 1.41. The van der Waals surface area contributed by atoms with Crippen molar-refractivity contribution in [2.75, 3.05) is 13.2 Å². The topological polar surface area (TPSA) is 60.5 Å². The van der Waals surface area contributed by atoms with Crippen molar-refractivity contribution >= 4 is 17.7 Å². The first-order valence-electron chi connectivity index (χ1n) is 6.08. The molecule has 1 N–H and O–H groups in total. The number of carbonyl (C=O) groups excluding carboxylic acids is 1. The first-order chi connectivity index (χ1) is 8.87. The monoisotopic (exact) mass is 286 g/mol. The van der Waals surface area contributed by atoms with E-state index in [9.17, 15) is 4.79 Å². The van der Waals surface area contributed by atoms with Gasteiger partial charge in [-0.05, 0) is 33.3 Å². The van der Waals surface area contributed by atoms with Gasteiger partial charge in [0.05, 0.1) is 6.61 Å². The standard InChI is InChI=1S/C13H19ClN2O3/c1-13(2,3)19-12(17)16-6-4-8-18-10-5-7-15-11(14)9-10/h5,7,9H,4,6,8H2,1-3H3,(H,16,17). The summed E-state index contributed by atoms with van der Waals surface area (Å²) in [6.45, 7) is 6.44. The summed E-state index contributed by atoms with van der Waals surface area (Å²) >= 11 is 5.72. The number of nitrogens with zero attached hydrogens (tertiary/aromatic N) is 1. The second kappa shape index (κ2) is 7.19. The number of hydrogen-bond donors (Lipinski definition) is 1. The molecule has 5 nitrogen and oxygen atoms in total. The highest BCUT2D eigenvalue weighted by Crippen LogP contribution is 2.14. The first-order valence-corrected chi connectivity index (χ1v) is 6.46. The van der Waals surface area contributed by atoms with E-state index in [0.29, 0.717) is 30.5 Å². The molecule has 0 atom stereocenters. The largest absolute Gasteiger partial charge is 0.493 e. The molecule has 0 aliphatic rings. The van der Waals surface area contributed by atoms with Crippen LogP contribution in [0.5, 0.6) is 5.75 Å². The van der Waals surface area contributed by atoms with Crippen molar-refractivity contribution in [1.82, 2.24) is 10.3 Å². The van der Waals surface area contributed by atoms with Gasteiger partial charge in [-0.15, -0.1) is 0 Å². The molecule has 19 heavy (non-hydrogen) atoms. The van der Waals surface area contributed by atoms with Gasteiger partial charge in [-0.1, -0.05) is 11.6 Å². The van der Waals surface area contributed by atoms with Crippen LogP contribution in [0.15, 0.2) is 18.3 Å². The number of amides is 1. The van der Waals surface area contributed by atoms with Gasteiger partial charge in [-0.3, -0.25) is 0 Å². The summed E-state index contributed by atoms with van der Waals surface area (Å²) in [6.07, 6.45) is 1.84. The van der Waals surface area contributed by atoms with Crippen molar-refractivity contribution in [1.29, 1.82) is 0 Å². The van der Waals surface area contributed by atoms with Crippen molar-refractivity contribution < 1.29 is 14.3 Å². The Morgan fingerprint density at radius 1 is 1.47 bits per heavy atom. The molecule has 1 aromatic rings. The Balaban J connectivity index is 2.13. The third-order valence-corrected chi connectivity index (χ3v) is 2.16. The molecular formula is C13H19ClN2O3. The van der Waals surface area contributed by atoms with E-state index >= 15 is 0 Å². The molecule has 0 saturated carbocycles. The van der Waals surface area contributed by atoms with E-state index in [4.69, 9.17) is 21.1 Å². The molecule has 6 heteroatoms. The molecule has 1 amide bonds. The van der Waals surface area contributed by atoms with Gasteiger partial charge in [0, 0.05) is 18.8 Å². The van der Waals surface area contributed by atoms with Crippen molar-refractivity contribution in [3.05, 3.63) is 23.5 Å². The Hall–Kier alpha value is -1.49. The molecule has 106 valence electrons. The molecule has 1 heterocycles. The zero-order chi connectivity index (χ0) is 14.3. The minimum atomic E-state index is -0.478. The van der Waals surface area contributed by atoms with E-state index in [2.05, 4.69) is 10.3 Å². The molecule has 0 bridgehead atoms. The number of ether oxygens (including phenoxy) is 2. The maximum absolute atomic E-state index is 11.3. The number of hydrogen-bond acceptors (Lipinski definition) is 4. The van der Waals surface area contributed by atoms with E-state index in [0.717, 1.165) is 0 Å². The number of alkyl carbamates (subject to hydrolysis) is 1. The van der Waals surface area contributed by atoms with E-state index in [1.807, 2.05) is 20.8 Å². The van der Waals surface area contributed by atoms with Crippen LogP contribution in [0.3, 0.4) is 0 Å². The molecule has 0 saturated heterocycles. The van der Waals surface area contributed by atoms with Gasteiger partial charge >= 0.3 is 6.09 Å². The maximum atomic E-state index is 11.3. The lowest BCUT2D eigenvalue weighted by atomic mass is 10.2. The molecule has 0 unspecified atom stereocenters. The molecule has 0 spiro atoms. The van der Waals surface area contributed by atoms with Crippen LogP contribution >= 0.6 is 11.6 Å². The summed E-state index contributed by atoms with van der Waals surface area (Å²) in [5, 5.41) is 3.05. The summed E-state index contributed by atoms with van der Waals surface area (Å²) in [6, 6.07) is 3.37. The third-order valence-electron chi connectivity index (χ3n) is 1.96. The quantitative estimate of drug-likeness (QED) is 0.668. The number of rotatable bonds is 5. The SMILES string of the molecule is CC(C)(C)OC(=O)NCCCOc1ccnc(Cl)c1. The van der Waals surface area contributed by atoms with E-state index in [1.54, 1.807) is 18.3 Å². The zero-order valence-electron chi connectivity index (χ0n) is 11.4. The van der Waals surface area contributed by atoms with E-state index in [-0.39, 0.29) is 0 Å². The van der Waals surface area contributed by atoms with Gasteiger partial charge in [0.15, 0.2) is 0 Å². The second-order valence-electron chi connectivity index (χ2n) is 4.94. The molecular weight excluding hydrogens is 268 g/mol. The van der Waals surface area contributed by atoms with Gasteiger partial charge in [0.1, 0.15) is 16.5 Å². The normalized spacial score (nSPS) is 10.9. The Bertz CT molecular complexity index is 419. The Kier molecular flexibility index (Phi) is 5.89. The number of pyridine rings is 1. The average molecular weight is 287 g/mol. The van der Waals surface area contributed by atoms with Gasteiger partial charge in [0.25, 0.3) is 0 Å². The lowest BCUT2D eigenvalue weighted by Gasteiger charge is -2.19. The predicted molar refractivity (Wildman–Crippen MR) is 73.6 cm³/mol. The van der Waals surface area contributed by atoms with Crippen molar-refractivity contribution in [2.45, 2.75) is 32.8 Å². The van der Waals surface area contributed by atoms with Gasteiger partial charge in [0.2, 0.25) is 0 Å². The average Bonchev–Trinajstić information content (AvgIpc) is 2.26. The van der Waals surface area contributed by atoms with Gasteiger partial charge in [-0.25, -0.2) is 9.78 Å². The number of aromatic nitrogens is 1. The number of halogens is 1. The molecule has 0 aliphatic heterocycles. The molecule has 0 radical (unpaired) electrons. The summed E-state index contributed by atoms with van der Waals surface area (Å²) in [5.74, 6) is 0.664. The van der Waals surface area contributed by atoms with Gasteiger partial charge in [-0.2, -0.15) is 0 Å². The van der Waals surface area contributed by atoms with Crippen LogP contribution in [0.25, 0.3) is 0 Å². The lowest BCUT2D eigenvalue weighted by Crippen LogP contribution is -2.33. The van der Waals surface area contributed by atoms with Crippen LogP contribution in [0.4, 0.5) is 4.79 Å². The number of nitrogens with one attached hydrogen (secondary N) is 1. The van der Waals surface area contributed by atoms with Crippen molar-refractivity contribution in [3.8, 4) is 5.75 Å². The van der Waals surface area contributed by atoms with Crippen molar-refractivity contribution in [3.63, 3.8) is 0 Å². The molecule has 0 aliphatic carbocycles. The van der Waals surface area contributed by atoms with Crippen LogP contribution < -0.4 is 10.1 Å². The fraction of sp³-hybridized carbons (Fsp3) is 0.538. The number of carbonyl (C=O) groups is 1. The highest BCUT2D eigenvalue weighted by atomic mass is 35.5. The van der Waals surface area contributed by atoms with E-state index in [1.165, 1.54) is 0 Å². The first kappa shape index (κ1) is 15.6. The molecule has 0 fully saturated rings. The van der Waals surface area contributed by atoms with Crippen LogP contribution in [-0.2, 0) is 4.74 Å². The minimum absolute atomic E-state index is 0.393. The molecule has 1 aromatic heterocycles. The molecule has 1 rings (SSSR count). The smallest absolute Gasteiger partial charge is 0.407 e. The van der Waals surface area contributed by atoms with Gasteiger partial charge < -0.3 is 14.8 Å². The summed E-state index contributed by atoms with van der Waals surface area (Å²) < 4.78 is 10.6. The highest BCUT2D eigenvalue weighted by molar-refractivity contribution is 6.29. The Morgan fingerprint density at radius 2 is 2.21 bits per heavy atom. The van der Waals surface area contributed by atoms with Crippen molar-refractivity contribution in [2.24, 2.45) is 0 Å². The summed E-state index contributed by atoms with van der Waals surface area (Å²) in [4.78, 5) is 15.2. The third kappa shape index (κ3) is 7.51. The van der Waals surface area contributed by atoms with E-state index < -0.39 is 11.7 Å². The minimum Gasteiger partial charge on any atom is -0.493 e. The second-order valence-corrected chi connectivity index (χ2v) is 5.33. The fourth-order valence-electron chi connectivity index (χ4n) is 1.24. The lowest BCUT2D eigenvalue weighted by molar-refractivity contribution is 0.0525. The summed E-state index contributed by atoms with van der Waals surface area (Å²) in [7, 11) is 0. The highest BCUT2D eigenvalue weighted by Gasteiger charge is 2.15. The van der Waals surface area contributed by atoms with Crippen LogP contribution in [0.1, 0.15) is 27.2 Å². The Morgan fingerprint density at radius 3 is 2.84 bits per heavy atom. The maximum Gasteiger partial charge on any atom is 0.407 e. The summed E-state index contributed by atoms with van der Waals surface area (Å²) in [5.41, 5.74) is -0.478. The zero-order valence-corrected chi connectivity index (χ0v) is 12.2. The molecule has 0 aromatic carbocycles. The Labute approximate surface area is 118 Å². The van der Waals surface area contributed by atoms with Crippen LogP contribution in [0.2, 0.25) is 5.15 Å². The predicted octanol–water partition coefficient (Wildman–Crippen LogP) is 3.03. The van der Waals surface area contributed by atoms with Crippen LogP contribution in [-0.4, -0.2) is 29.8 Å².